The molecule has 0 saturated carbocycles. The summed E-state index contributed by atoms with van der Waals surface area (Å²) in [6.07, 6.45) is 1.75. The average molecular weight is 465 g/mol. The SMILES string of the molecule is Cc1ccnc(CN2CCN(CC(=O)O)CCN(CC(=O)N=O)CCN(CC(=O)O)CC2)c1. The van der Waals surface area contributed by atoms with Crippen LogP contribution in [0.1, 0.15) is 11.3 Å². The molecule has 1 aromatic heterocycles. The lowest BCUT2D eigenvalue weighted by atomic mass is 10.2. The normalized spacial score (nSPS) is 18.2. The number of carbonyl (C=O) groups is 3. The Bertz CT molecular complexity index is 790. The summed E-state index contributed by atoms with van der Waals surface area (Å²) in [5, 5.41) is 21.0. The lowest BCUT2D eigenvalue weighted by molar-refractivity contribution is -0.139. The highest BCUT2D eigenvalue weighted by atomic mass is 16.4. The Hall–Kier alpha value is -2.80. The maximum absolute atomic E-state index is 11.6. The molecule has 2 N–H and O–H groups in total. The standard InChI is InChI=1S/C21H32N6O6/c1-17-2-3-22-18(12-17)13-24-4-8-26(15-20(29)30)10-6-25(14-19(28)23-33)7-11-27(9-5-24)16-21(31)32/h2-3,12H,4-11,13-16H2,1H3,(H,29,30)(H,31,32). The van der Waals surface area contributed by atoms with Gasteiger partial charge in [-0.15, -0.1) is 4.91 Å². The number of carboxylic acid groups (broad SMARTS) is 2. The van der Waals surface area contributed by atoms with Gasteiger partial charge in [0.05, 0.1) is 25.3 Å². The van der Waals surface area contributed by atoms with Crippen LogP contribution in [0.5, 0.6) is 0 Å². The molecular weight excluding hydrogens is 432 g/mol. The summed E-state index contributed by atoms with van der Waals surface area (Å²) < 4.78 is 0. The van der Waals surface area contributed by atoms with E-state index >= 15 is 0 Å². The molecule has 0 aromatic carbocycles. The molecule has 1 saturated heterocycles. The Balaban J connectivity index is 2.17. The van der Waals surface area contributed by atoms with Gasteiger partial charge in [-0.2, -0.15) is 0 Å². The number of nitrogens with zero attached hydrogens (tertiary/aromatic N) is 6. The van der Waals surface area contributed by atoms with Crippen LogP contribution in [0.4, 0.5) is 0 Å². The van der Waals surface area contributed by atoms with E-state index in [4.69, 9.17) is 0 Å². The molecule has 1 aliphatic heterocycles. The maximum atomic E-state index is 11.6. The first kappa shape index (κ1) is 26.5. The monoisotopic (exact) mass is 464 g/mol. The van der Waals surface area contributed by atoms with Crippen molar-refractivity contribution in [1.82, 2.24) is 24.6 Å². The first-order valence-corrected chi connectivity index (χ1v) is 10.9. The number of hydrogen-bond acceptors (Lipinski definition) is 9. The molecule has 0 bridgehead atoms. The van der Waals surface area contributed by atoms with Crippen molar-refractivity contribution in [2.24, 2.45) is 5.18 Å². The third-order valence-electron chi connectivity index (χ3n) is 5.47. The van der Waals surface area contributed by atoms with Crippen LogP contribution in [-0.4, -0.2) is 125 Å². The molecule has 0 aliphatic carbocycles. The molecule has 1 aromatic rings. The smallest absolute Gasteiger partial charge is 0.317 e. The second-order valence-electron chi connectivity index (χ2n) is 8.20. The van der Waals surface area contributed by atoms with Gasteiger partial charge in [-0.1, -0.05) is 0 Å². The van der Waals surface area contributed by atoms with Crippen LogP contribution in [0, 0.1) is 11.8 Å². The Labute approximate surface area is 192 Å². The van der Waals surface area contributed by atoms with E-state index in [2.05, 4.69) is 15.1 Å². The number of aryl methyl sites for hydroxylation is 1. The second-order valence-corrected chi connectivity index (χ2v) is 8.20. The predicted molar refractivity (Wildman–Crippen MR) is 120 cm³/mol. The van der Waals surface area contributed by atoms with Gasteiger partial charge in [0, 0.05) is 70.3 Å². The quantitative estimate of drug-likeness (QED) is 0.483. The predicted octanol–water partition coefficient (Wildman–Crippen LogP) is -0.426. The summed E-state index contributed by atoms with van der Waals surface area (Å²) in [5.74, 6) is -2.70. The van der Waals surface area contributed by atoms with E-state index in [9.17, 15) is 29.5 Å². The van der Waals surface area contributed by atoms with Crippen LogP contribution < -0.4 is 0 Å². The first-order valence-electron chi connectivity index (χ1n) is 10.9. The Morgan fingerprint density at radius 2 is 1.30 bits per heavy atom. The number of aromatic nitrogens is 1. The van der Waals surface area contributed by atoms with Crippen LogP contribution in [0.15, 0.2) is 23.5 Å². The van der Waals surface area contributed by atoms with Crippen molar-refractivity contribution < 1.29 is 24.6 Å². The van der Waals surface area contributed by atoms with E-state index in [0.29, 0.717) is 58.9 Å². The molecule has 0 spiro atoms. The molecule has 0 radical (unpaired) electrons. The number of hydrogen-bond donors (Lipinski definition) is 2. The van der Waals surface area contributed by atoms with Crippen molar-refractivity contribution in [3.63, 3.8) is 0 Å². The van der Waals surface area contributed by atoms with E-state index in [-0.39, 0.29) is 19.6 Å². The zero-order chi connectivity index (χ0) is 24.2. The van der Waals surface area contributed by atoms with Crippen molar-refractivity contribution in [2.45, 2.75) is 13.5 Å². The Morgan fingerprint density at radius 3 is 1.73 bits per heavy atom. The zero-order valence-electron chi connectivity index (χ0n) is 18.9. The fraction of sp³-hybridized carbons (Fsp3) is 0.619. The van der Waals surface area contributed by atoms with Crippen molar-refractivity contribution in [1.29, 1.82) is 0 Å². The van der Waals surface area contributed by atoms with E-state index in [0.717, 1.165) is 11.3 Å². The molecule has 2 rings (SSSR count). The fourth-order valence-corrected chi connectivity index (χ4v) is 3.73. The number of carboxylic acids is 2. The molecule has 12 heteroatoms. The molecule has 33 heavy (non-hydrogen) atoms. The topological polar surface area (TPSA) is 147 Å². The lowest BCUT2D eigenvalue weighted by Crippen LogP contribution is -2.48. The van der Waals surface area contributed by atoms with Crippen molar-refractivity contribution in [3.8, 4) is 0 Å². The van der Waals surface area contributed by atoms with Crippen LogP contribution in [0.25, 0.3) is 0 Å². The minimum Gasteiger partial charge on any atom is -0.480 e. The Morgan fingerprint density at radius 1 is 0.848 bits per heavy atom. The van der Waals surface area contributed by atoms with Gasteiger partial charge in [0.1, 0.15) is 0 Å². The van der Waals surface area contributed by atoms with Crippen molar-refractivity contribution >= 4 is 17.8 Å². The summed E-state index contributed by atoms with van der Waals surface area (Å²) in [5.41, 5.74) is 1.98. The number of pyridine rings is 1. The van der Waals surface area contributed by atoms with E-state index in [1.54, 1.807) is 20.9 Å². The maximum Gasteiger partial charge on any atom is 0.317 e. The van der Waals surface area contributed by atoms with Crippen molar-refractivity contribution in [3.05, 3.63) is 34.5 Å². The molecule has 1 aliphatic rings. The number of carbonyl (C=O) groups excluding carboxylic acids is 1. The van der Waals surface area contributed by atoms with Gasteiger partial charge in [0.15, 0.2) is 0 Å². The first-order chi connectivity index (χ1) is 15.7. The molecule has 1 amide bonds. The van der Waals surface area contributed by atoms with Gasteiger partial charge in [-0.25, -0.2) is 0 Å². The summed E-state index contributed by atoms with van der Waals surface area (Å²) in [4.78, 5) is 56.7. The second kappa shape index (κ2) is 13.7. The van der Waals surface area contributed by atoms with Gasteiger partial charge in [0.2, 0.25) is 0 Å². The van der Waals surface area contributed by atoms with E-state index in [1.165, 1.54) is 0 Å². The summed E-state index contributed by atoms with van der Waals surface area (Å²) in [7, 11) is 0. The minimum absolute atomic E-state index is 0.143. The number of rotatable bonds is 8. The molecule has 0 unspecified atom stereocenters. The van der Waals surface area contributed by atoms with Gasteiger partial charge in [-0.05, 0) is 24.6 Å². The largest absolute Gasteiger partial charge is 0.480 e. The fourth-order valence-electron chi connectivity index (χ4n) is 3.73. The molecular formula is C21H32N6O6. The van der Waals surface area contributed by atoms with Crippen LogP contribution in [0.3, 0.4) is 0 Å². The van der Waals surface area contributed by atoms with Crippen LogP contribution in [0.2, 0.25) is 0 Å². The van der Waals surface area contributed by atoms with Crippen molar-refractivity contribution in [2.75, 3.05) is 72.0 Å². The zero-order valence-corrected chi connectivity index (χ0v) is 18.9. The molecule has 2 heterocycles. The van der Waals surface area contributed by atoms with Crippen LogP contribution in [-0.2, 0) is 20.9 Å². The van der Waals surface area contributed by atoms with Gasteiger partial charge >= 0.3 is 11.9 Å². The van der Waals surface area contributed by atoms with E-state index < -0.39 is 17.8 Å². The highest BCUT2D eigenvalue weighted by Crippen LogP contribution is 2.07. The molecule has 0 atom stereocenters. The highest BCUT2D eigenvalue weighted by Gasteiger charge is 2.20. The summed E-state index contributed by atoms with van der Waals surface area (Å²) >= 11 is 0. The van der Waals surface area contributed by atoms with Gasteiger partial charge < -0.3 is 10.2 Å². The molecule has 1 fully saturated rings. The number of nitroso groups, excluding NO2 is 1. The third kappa shape index (κ3) is 10.6. The van der Waals surface area contributed by atoms with Crippen LogP contribution >= 0.6 is 0 Å². The highest BCUT2D eigenvalue weighted by molar-refractivity contribution is 5.78. The summed E-state index contributed by atoms with van der Waals surface area (Å²) in [6, 6.07) is 3.91. The summed E-state index contributed by atoms with van der Waals surface area (Å²) in [6.45, 7) is 5.65. The Kier molecular flexibility index (Phi) is 11.0. The van der Waals surface area contributed by atoms with Gasteiger partial charge in [-0.3, -0.25) is 39.0 Å². The van der Waals surface area contributed by atoms with E-state index in [1.807, 2.05) is 19.1 Å². The minimum atomic E-state index is -0.946. The number of aliphatic carboxylic acids is 2. The number of amides is 1. The molecule has 182 valence electrons. The van der Waals surface area contributed by atoms with Gasteiger partial charge in [0.25, 0.3) is 5.91 Å². The lowest BCUT2D eigenvalue weighted by Gasteiger charge is -2.33. The third-order valence-corrected chi connectivity index (χ3v) is 5.47. The molecule has 12 nitrogen and oxygen atoms in total. The average Bonchev–Trinajstić information content (AvgIpc) is 2.74.